The lowest BCUT2D eigenvalue weighted by Gasteiger charge is -1.98. The average Bonchev–Trinajstić information content (AvgIpc) is 3.05. The SMILES string of the molecule is O=C(NN=Cc1ccc(Sc2ccc(Cl)cc2)o1)c1cccnc1. The number of hydrogen-bond donors (Lipinski definition) is 1. The first kappa shape index (κ1) is 16.3. The number of hydrazone groups is 1. The van der Waals surface area contributed by atoms with Crippen LogP contribution in [0.5, 0.6) is 0 Å². The predicted octanol–water partition coefficient (Wildman–Crippen LogP) is 4.24. The molecule has 0 fully saturated rings. The number of nitrogens with zero attached hydrogens (tertiary/aromatic N) is 2. The van der Waals surface area contributed by atoms with E-state index in [9.17, 15) is 4.79 Å². The molecule has 0 aliphatic rings. The molecule has 0 atom stereocenters. The molecule has 5 nitrogen and oxygen atoms in total. The Bertz CT molecular complexity index is 848. The topological polar surface area (TPSA) is 67.5 Å². The number of hydrogen-bond acceptors (Lipinski definition) is 5. The van der Waals surface area contributed by atoms with E-state index < -0.39 is 0 Å². The van der Waals surface area contributed by atoms with Gasteiger partial charge in [0, 0.05) is 22.3 Å². The molecule has 0 aliphatic carbocycles. The van der Waals surface area contributed by atoms with Gasteiger partial charge in [-0.2, -0.15) is 5.10 Å². The normalized spacial score (nSPS) is 10.9. The molecule has 2 heterocycles. The molecule has 2 aromatic heterocycles. The molecule has 0 radical (unpaired) electrons. The van der Waals surface area contributed by atoms with E-state index in [1.54, 1.807) is 24.4 Å². The number of benzene rings is 1. The summed E-state index contributed by atoms with van der Waals surface area (Å²) in [4.78, 5) is 16.7. The zero-order valence-electron chi connectivity index (χ0n) is 12.3. The second kappa shape index (κ2) is 7.81. The summed E-state index contributed by atoms with van der Waals surface area (Å²) < 4.78 is 5.62. The molecular formula is C17H12ClN3O2S. The molecule has 0 aliphatic heterocycles. The van der Waals surface area contributed by atoms with Gasteiger partial charge in [0.2, 0.25) is 0 Å². The molecule has 1 aromatic carbocycles. The molecule has 0 bridgehead atoms. The lowest BCUT2D eigenvalue weighted by atomic mass is 10.3. The van der Waals surface area contributed by atoms with Crippen LogP contribution in [0.25, 0.3) is 0 Å². The first-order chi connectivity index (χ1) is 11.7. The number of furan rings is 1. The van der Waals surface area contributed by atoms with Crippen LogP contribution in [-0.2, 0) is 0 Å². The van der Waals surface area contributed by atoms with Crippen LogP contribution in [0.1, 0.15) is 16.1 Å². The Hall–Kier alpha value is -2.57. The van der Waals surface area contributed by atoms with Crippen LogP contribution < -0.4 is 5.43 Å². The Balaban J connectivity index is 1.57. The van der Waals surface area contributed by atoms with Crippen molar-refractivity contribution in [3.63, 3.8) is 0 Å². The van der Waals surface area contributed by atoms with Crippen LogP contribution in [0.15, 0.2) is 80.4 Å². The summed E-state index contributed by atoms with van der Waals surface area (Å²) in [6, 6.07) is 14.4. The van der Waals surface area contributed by atoms with Crippen molar-refractivity contribution < 1.29 is 9.21 Å². The second-order valence-electron chi connectivity index (χ2n) is 4.65. The monoisotopic (exact) mass is 357 g/mol. The van der Waals surface area contributed by atoms with Gasteiger partial charge in [0.05, 0.1) is 11.8 Å². The number of rotatable bonds is 5. The summed E-state index contributed by atoms with van der Waals surface area (Å²) in [6.07, 6.45) is 4.52. The molecular weight excluding hydrogens is 346 g/mol. The van der Waals surface area contributed by atoms with E-state index >= 15 is 0 Å². The Morgan fingerprint density at radius 1 is 1.21 bits per heavy atom. The Morgan fingerprint density at radius 3 is 2.79 bits per heavy atom. The third kappa shape index (κ3) is 4.47. The van der Waals surface area contributed by atoms with Crippen LogP contribution >= 0.6 is 23.4 Å². The Morgan fingerprint density at radius 2 is 2.04 bits per heavy atom. The third-order valence-electron chi connectivity index (χ3n) is 2.92. The summed E-state index contributed by atoms with van der Waals surface area (Å²) in [5.74, 6) is 0.208. The van der Waals surface area contributed by atoms with Gasteiger partial charge < -0.3 is 4.42 Å². The largest absolute Gasteiger partial charge is 0.448 e. The van der Waals surface area contributed by atoms with Crippen molar-refractivity contribution in [2.45, 2.75) is 9.99 Å². The Kier molecular flexibility index (Phi) is 5.30. The van der Waals surface area contributed by atoms with E-state index in [2.05, 4.69) is 15.5 Å². The van der Waals surface area contributed by atoms with Gasteiger partial charge in [0.25, 0.3) is 5.91 Å². The summed E-state index contributed by atoms with van der Waals surface area (Å²) in [5, 5.41) is 5.29. The highest BCUT2D eigenvalue weighted by Gasteiger charge is 2.05. The average molecular weight is 358 g/mol. The lowest BCUT2D eigenvalue weighted by Crippen LogP contribution is -2.17. The van der Waals surface area contributed by atoms with Gasteiger partial charge in [-0.3, -0.25) is 9.78 Å². The van der Waals surface area contributed by atoms with Crippen molar-refractivity contribution in [1.29, 1.82) is 0 Å². The molecule has 3 aromatic rings. The van der Waals surface area contributed by atoms with Gasteiger partial charge in [-0.1, -0.05) is 23.4 Å². The standard InChI is InChI=1S/C17H12ClN3O2S/c18-13-3-6-15(7-4-13)24-16-8-5-14(23-16)11-20-21-17(22)12-2-1-9-19-10-12/h1-11H,(H,21,22). The van der Waals surface area contributed by atoms with Crippen LogP contribution in [0.4, 0.5) is 0 Å². The van der Waals surface area contributed by atoms with E-state index in [0.29, 0.717) is 16.3 Å². The van der Waals surface area contributed by atoms with Crippen LogP contribution in [0.2, 0.25) is 5.02 Å². The van der Waals surface area contributed by atoms with Gasteiger partial charge >= 0.3 is 0 Å². The maximum Gasteiger partial charge on any atom is 0.272 e. The van der Waals surface area contributed by atoms with E-state index in [1.807, 2.05) is 30.3 Å². The fourth-order valence-corrected chi connectivity index (χ4v) is 2.70. The molecule has 7 heteroatoms. The van der Waals surface area contributed by atoms with Crippen LogP contribution in [-0.4, -0.2) is 17.1 Å². The van der Waals surface area contributed by atoms with Gasteiger partial charge in [-0.15, -0.1) is 0 Å². The van der Waals surface area contributed by atoms with Gasteiger partial charge in [-0.05, 0) is 48.5 Å². The molecule has 0 saturated carbocycles. The number of pyridine rings is 1. The maximum atomic E-state index is 11.8. The number of carbonyl (C=O) groups is 1. The second-order valence-corrected chi connectivity index (χ2v) is 6.17. The molecule has 3 rings (SSSR count). The summed E-state index contributed by atoms with van der Waals surface area (Å²) >= 11 is 7.33. The van der Waals surface area contributed by atoms with Crippen molar-refractivity contribution in [2.24, 2.45) is 5.10 Å². The van der Waals surface area contributed by atoms with Crippen molar-refractivity contribution in [3.05, 3.63) is 77.3 Å². The third-order valence-corrected chi connectivity index (χ3v) is 4.10. The number of carbonyl (C=O) groups excluding carboxylic acids is 1. The van der Waals surface area contributed by atoms with E-state index in [1.165, 1.54) is 24.2 Å². The van der Waals surface area contributed by atoms with E-state index in [4.69, 9.17) is 16.0 Å². The molecule has 0 saturated heterocycles. The molecule has 0 unspecified atom stereocenters. The molecule has 24 heavy (non-hydrogen) atoms. The van der Waals surface area contributed by atoms with E-state index in [-0.39, 0.29) is 5.91 Å². The summed E-state index contributed by atoms with van der Waals surface area (Å²) in [6.45, 7) is 0. The zero-order chi connectivity index (χ0) is 16.8. The molecule has 1 amide bonds. The fourth-order valence-electron chi connectivity index (χ4n) is 1.79. The minimum Gasteiger partial charge on any atom is -0.448 e. The minimum atomic E-state index is -0.332. The first-order valence-electron chi connectivity index (χ1n) is 6.97. The number of amides is 1. The van der Waals surface area contributed by atoms with Gasteiger partial charge in [0.1, 0.15) is 5.76 Å². The first-order valence-corrected chi connectivity index (χ1v) is 8.17. The number of nitrogens with one attached hydrogen (secondary N) is 1. The highest BCUT2D eigenvalue weighted by atomic mass is 35.5. The van der Waals surface area contributed by atoms with Crippen molar-refractivity contribution in [3.8, 4) is 0 Å². The van der Waals surface area contributed by atoms with E-state index in [0.717, 1.165) is 9.99 Å². The van der Waals surface area contributed by atoms with Crippen LogP contribution in [0, 0.1) is 0 Å². The van der Waals surface area contributed by atoms with Crippen LogP contribution in [0.3, 0.4) is 0 Å². The summed E-state index contributed by atoms with van der Waals surface area (Å²) in [5.41, 5.74) is 2.86. The number of halogens is 1. The highest BCUT2D eigenvalue weighted by Crippen LogP contribution is 2.29. The predicted molar refractivity (Wildman–Crippen MR) is 93.6 cm³/mol. The van der Waals surface area contributed by atoms with Crippen molar-refractivity contribution in [2.75, 3.05) is 0 Å². The van der Waals surface area contributed by atoms with Gasteiger partial charge in [-0.25, -0.2) is 5.43 Å². The quantitative estimate of drug-likeness (QED) is 0.547. The molecule has 120 valence electrons. The fraction of sp³-hybridized carbons (Fsp3) is 0. The lowest BCUT2D eigenvalue weighted by molar-refractivity contribution is 0.0954. The molecule has 0 spiro atoms. The highest BCUT2D eigenvalue weighted by molar-refractivity contribution is 7.99. The van der Waals surface area contributed by atoms with Crippen molar-refractivity contribution in [1.82, 2.24) is 10.4 Å². The van der Waals surface area contributed by atoms with Crippen molar-refractivity contribution >= 4 is 35.5 Å². The number of aromatic nitrogens is 1. The summed E-state index contributed by atoms with van der Waals surface area (Å²) in [7, 11) is 0. The molecule has 1 N–H and O–H groups in total. The smallest absolute Gasteiger partial charge is 0.272 e. The minimum absolute atomic E-state index is 0.332. The van der Waals surface area contributed by atoms with Gasteiger partial charge in [0.15, 0.2) is 5.09 Å². The maximum absolute atomic E-state index is 11.8. The Labute approximate surface area is 147 Å². The zero-order valence-corrected chi connectivity index (χ0v) is 13.9.